The third-order valence-electron chi connectivity index (χ3n) is 5.48. The van der Waals surface area contributed by atoms with Crippen LogP contribution in [0.25, 0.3) is 10.2 Å². The Morgan fingerprint density at radius 3 is 2.61 bits per heavy atom. The minimum absolute atomic E-state index is 0.0828. The van der Waals surface area contributed by atoms with Crippen molar-refractivity contribution >= 4 is 48.6 Å². The first kappa shape index (κ1) is 23.3. The second kappa shape index (κ2) is 9.58. The lowest BCUT2D eigenvalue weighted by Gasteiger charge is -2.26. The zero-order valence-electron chi connectivity index (χ0n) is 18.5. The van der Waals surface area contributed by atoms with E-state index in [9.17, 15) is 18.0 Å². The summed E-state index contributed by atoms with van der Waals surface area (Å²) < 4.78 is 33.6. The molecule has 1 aliphatic rings. The SMILES string of the molecule is Cc1ccc2nc(NC(=O)COC(=O)c3ccc(C)c(S(=O)(=O)N4CCCCC4)c3)sc2c1. The van der Waals surface area contributed by atoms with Crippen molar-refractivity contribution in [3.63, 3.8) is 0 Å². The molecule has 8 nitrogen and oxygen atoms in total. The van der Waals surface area contributed by atoms with Crippen molar-refractivity contribution in [3.05, 3.63) is 53.1 Å². The van der Waals surface area contributed by atoms with Gasteiger partial charge >= 0.3 is 5.97 Å². The van der Waals surface area contributed by atoms with Gasteiger partial charge in [0, 0.05) is 13.1 Å². The van der Waals surface area contributed by atoms with Crippen LogP contribution in [0.5, 0.6) is 0 Å². The molecule has 2 aromatic carbocycles. The predicted molar refractivity (Wildman–Crippen MR) is 127 cm³/mol. The van der Waals surface area contributed by atoms with E-state index in [1.807, 2.05) is 25.1 Å². The van der Waals surface area contributed by atoms with E-state index in [0.717, 1.165) is 35.0 Å². The normalized spacial score (nSPS) is 14.8. The summed E-state index contributed by atoms with van der Waals surface area (Å²) in [5, 5.41) is 3.05. The lowest BCUT2D eigenvalue weighted by Crippen LogP contribution is -2.36. The number of hydrogen-bond acceptors (Lipinski definition) is 7. The number of nitrogens with one attached hydrogen (secondary N) is 1. The maximum Gasteiger partial charge on any atom is 0.338 e. The number of rotatable bonds is 6. The second-order valence-corrected chi connectivity index (χ2v) is 11.0. The van der Waals surface area contributed by atoms with Crippen molar-refractivity contribution in [1.29, 1.82) is 0 Å². The second-order valence-electron chi connectivity index (χ2n) is 8.06. The topological polar surface area (TPSA) is 106 Å². The molecular weight excluding hydrogens is 462 g/mol. The molecule has 3 aromatic rings. The van der Waals surface area contributed by atoms with Crippen LogP contribution in [-0.2, 0) is 19.6 Å². The van der Waals surface area contributed by atoms with Crippen LogP contribution >= 0.6 is 11.3 Å². The summed E-state index contributed by atoms with van der Waals surface area (Å²) in [6.07, 6.45) is 2.66. The maximum atomic E-state index is 13.1. The molecular formula is C23H25N3O5S2. The molecule has 1 N–H and O–H groups in total. The van der Waals surface area contributed by atoms with E-state index in [1.54, 1.807) is 13.0 Å². The molecule has 174 valence electrons. The Hall–Kier alpha value is -2.82. The number of anilines is 1. The summed E-state index contributed by atoms with van der Waals surface area (Å²) in [5.74, 6) is -1.28. The largest absolute Gasteiger partial charge is 0.452 e. The van der Waals surface area contributed by atoms with Crippen molar-refractivity contribution in [1.82, 2.24) is 9.29 Å². The molecule has 0 spiro atoms. The van der Waals surface area contributed by atoms with Gasteiger partial charge in [-0.15, -0.1) is 0 Å². The number of amides is 1. The van der Waals surface area contributed by atoms with Crippen molar-refractivity contribution < 1.29 is 22.7 Å². The van der Waals surface area contributed by atoms with Gasteiger partial charge in [0.25, 0.3) is 5.91 Å². The molecule has 4 rings (SSSR count). The summed E-state index contributed by atoms with van der Waals surface area (Å²) in [6.45, 7) is 4.11. The average Bonchev–Trinajstić information content (AvgIpc) is 3.19. The average molecular weight is 488 g/mol. The molecule has 1 amide bonds. The van der Waals surface area contributed by atoms with Crippen LogP contribution < -0.4 is 5.32 Å². The summed E-state index contributed by atoms with van der Waals surface area (Å²) in [4.78, 5) is 29.2. The highest BCUT2D eigenvalue weighted by Gasteiger charge is 2.28. The Bertz CT molecular complexity index is 1310. The summed E-state index contributed by atoms with van der Waals surface area (Å²) in [5.41, 5.74) is 2.51. The van der Waals surface area contributed by atoms with Gasteiger partial charge in [0.2, 0.25) is 10.0 Å². The molecule has 1 aliphatic heterocycles. The number of nitrogens with zero attached hydrogens (tertiary/aromatic N) is 2. The summed E-state index contributed by atoms with van der Waals surface area (Å²) in [6, 6.07) is 10.2. The van der Waals surface area contributed by atoms with Crippen molar-refractivity contribution in [2.24, 2.45) is 0 Å². The van der Waals surface area contributed by atoms with Crippen LogP contribution in [-0.4, -0.2) is 49.3 Å². The Morgan fingerprint density at radius 1 is 1.09 bits per heavy atom. The molecule has 1 aromatic heterocycles. The number of carbonyl (C=O) groups is 2. The number of aromatic nitrogens is 1. The van der Waals surface area contributed by atoms with E-state index in [0.29, 0.717) is 23.8 Å². The smallest absolute Gasteiger partial charge is 0.338 e. The van der Waals surface area contributed by atoms with E-state index in [2.05, 4.69) is 10.3 Å². The Balaban J connectivity index is 1.41. The molecule has 1 saturated heterocycles. The van der Waals surface area contributed by atoms with E-state index < -0.39 is 28.5 Å². The number of ether oxygens (including phenoxy) is 1. The number of benzene rings is 2. The van der Waals surface area contributed by atoms with Gasteiger partial charge in [-0.3, -0.25) is 10.1 Å². The first-order valence-electron chi connectivity index (χ1n) is 10.7. The van der Waals surface area contributed by atoms with Gasteiger partial charge in [-0.1, -0.05) is 29.9 Å². The van der Waals surface area contributed by atoms with Gasteiger partial charge in [0.05, 0.1) is 20.7 Å². The highest BCUT2D eigenvalue weighted by atomic mass is 32.2. The highest BCUT2D eigenvalue weighted by molar-refractivity contribution is 7.89. The highest BCUT2D eigenvalue weighted by Crippen LogP contribution is 2.27. The van der Waals surface area contributed by atoms with Gasteiger partial charge in [0.15, 0.2) is 11.7 Å². The summed E-state index contributed by atoms with van der Waals surface area (Å²) >= 11 is 1.34. The lowest BCUT2D eigenvalue weighted by atomic mass is 10.1. The fourth-order valence-electron chi connectivity index (χ4n) is 3.70. The minimum atomic E-state index is -3.70. The molecule has 0 unspecified atom stereocenters. The third kappa shape index (κ3) is 5.23. The molecule has 0 atom stereocenters. The van der Waals surface area contributed by atoms with Gasteiger partial charge in [0.1, 0.15) is 0 Å². The van der Waals surface area contributed by atoms with Crippen molar-refractivity contribution in [2.75, 3.05) is 25.0 Å². The molecule has 1 fully saturated rings. The van der Waals surface area contributed by atoms with Crippen LogP contribution in [0.15, 0.2) is 41.3 Å². The molecule has 0 aliphatic carbocycles. The van der Waals surface area contributed by atoms with Gasteiger partial charge < -0.3 is 4.74 Å². The predicted octanol–water partition coefficient (Wildman–Crippen LogP) is 3.88. The van der Waals surface area contributed by atoms with Crippen molar-refractivity contribution in [2.45, 2.75) is 38.0 Å². The van der Waals surface area contributed by atoms with Crippen LogP contribution in [0.2, 0.25) is 0 Å². The Morgan fingerprint density at radius 2 is 1.85 bits per heavy atom. The van der Waals surface area contributed by atoms with E-state index in [4.69, 9.17) is 4.74 Å². The van der Waals surface area contributed by atoms with Crippen molar-refractivity contribution in [3.8, 4) is 0 Å². The van der Waals surface area contributed by atoms with Crippen LogP contribution in [0.1, 0.15) is 40.7 Å². The minimum Gasteiger partial charge on any atom is -0.452 e. The monoisotopic (exact) mass is 487 g/mol. The fourth-order valence-corrected chi connectivity index (χ4v) is 6.45. The lowest BCUT2D eigenvalue weighted by molar-refractivity contribution is -0.119. The van der Waals surface area contributed by atoms with Gasteiger partial charge in [-0.25, -0.2) is 18.2 Å². The Labute approximate surface area is 196 Å². The number of fused-ring (bicyclic) bond motifs is 1. The zero-order valence-corrected chi connectivity index (χ0v) is 20.1. The molecule has 0 saturated carbocycles. The first-order valence-corrected chi connectivity index (χ1v) is 12.9. The maximum absolute atomic E-state index is 13.1. The Kier molecular flexibility index (Phi) is 6.78. The van der Waals surface area contributed by atoms with E-state index in [1.165, 1.54) is 27.8 Å². The number of hydrogen-bond donors (Lipinski definition) is 1. The fraction of sp³-hybridized carbons (Fsp3) is 0.348. The number of aryl methyl sites for hydroxylation is 2. The van der Waals surface area contributed by atoms with Gasteiger partial charge in [-0.2, -0.15) is 4.31 Å². The van der Waals surface area contributed by atoms with Crippen LogP contribution in [0.3, 0.4) is 0 Å². The van der Waals surface area contributed by atoms with E-state index >= 15 is 0 Å². The van der Waals surface area contributed by atoms with Crippen LogP contribution in [0.4, 0.5) is 5.13 Å². The third-order valence-corrected chi connectivity index (χ3v) is 8.46. The standard InChI is InChI=1S/C23H25N3O5S2/c1-15-6-9-18-19(12-15)32-23(24-18)25-21(27)14-31-22(28)17-8-7-16(2)20(13-17)33(29,30)26-10-4-3-5-11-26/h6-9,12-13H,3-5,10-11,14H2,1-2H3,(H,24,25,27). The number of sulfonamides is 1. The number of esters is 1. The molecule has 2 heterocycles. The zero-order chi connectivity index (χ0) is 23.6. The first-order chi connectivity index (χ1) is 15.7. The quantitative estimate of drug-likeness (QED) is 0.529. The molecule has 0 bridgehead atoms. The number of carbonyl (C=O) groups excluding carboxylic acids is 2. The number of piperidine rings is 1. The summed E-state index contributed by atoms with van der Waals surface area (Å²) in [7, 11) is -3.70. The van der Waals surface area contributed by atoms with Gasteiger partial charge in [-0.05, 0) is 62.1 Å². The van der Waals surface area contributed by atoms with E-state index in [-0.39, 0.29) is 10.5 Å². The van der Waals surface area contributed by atoms with Crippen LogP contribution in [0, 0.1) is 13.8 Å². The molecule has 33 heavy (non-hydrogen) atoms. The number of thiazole rings is 1. The molecule has 10 heteroatoms. The molecule has 0 radical (unpaired) electrons.